The molecule has 1 amide bonds. The van der Waals surface area contributed by atoms with Crippen molar-refractivity contribution in [3.05, 3.63) is 52.0 Å². The van der Waals surface area contributed by atoms with E-state index in [1.165, 1.54) is 13.2 Å². The van der Waals surface area contributed by atoms with E-state index in [9.17, 15) is 9.59 Å². The van der Waals surface area contributed by atoms with Crippen molar-refractivity contribution in [1.82, 2.24) is 4.98 Å². The minimum absolute atomic E-state index is 0.300. The fourth-order valence-electron chi connectivity index (χ4n) is 1.73. The summed E-state index contributed by atoms with van der Waals surface area (Å²) in [5.74, 6) is -0.753. The van der Waals surface area contributed by atoms with E-state index in [4.69, 9.17) is 0 Å². The molecule has 0 unspecified atom stereocenters. The quantitative estimate of drug-likeness (QED) is 0.695. The monoisotopic (exact) mass is 316 g/mol. The van der Waals surface area contributed by atoms with Crippen LogP contribution in [0, 0.1) is 13.8 Å². The van der Waals surface area contributed by atoms with Gasteiger partial charge in [-0.1, -0.05) is 41.2 Å². The SMILES string of the molecule is COC(=O)c1sc(NC(=O)/C=C/c2ccc(C)cc2)nc1C. The molecule has 5 nitrogen and oxygen atoms in total. The Morgan fingerprint density at radius 3 is 2.55 bits per heavy atom. The van der Waals surface area contributed by atoms with Crippen molar-refractivity contribution in [2.24, 2.45) is 0 Å². The highest BCUT2D eigenvalue weighted by Gasteiger charge is 2.16. The third-order valence-corrected chi connectivity index (χ3v) is 3.95. The molecule has 0 aliphatic carbocycles. The zero-order valence-electron chi connectivity index (χ0n) is 12.5. The smallest absolute Gasteiger partial charge is 0.350 e. The molecule has 0 saturated carbocycles. The molecule has 0 bridgehead atoms. The van der Waals surface area contributed by atoms with Crippen LogP contribution in [0.25, 0.3) is 6.08 Å². The number of nitrogens with zero attached hydrogens (tertiary/aromatic N) is 1. The van der Waals surface area contributed by atoms with E-state index in [-0.39, 0.29) is 5.91 Å². The number of aryl methyl sites for hydroxylation is 2. The van der Waals surface area contributed by atoms with E-state index < -0.39 is 5.97 Å². The number of hydrogen-bond donors (Lipinski definition) is 1. The number of rotatable bonds is 4. The molecule has 114 valence electrons. The Bertz CT molecular complexity index is 717. The molecular weight excluding hydrogens is 300 g/mol. The average molecular weight is 316 g/mol. The number of carbonyl (C=O) groups excluding carboxylic acids is 2. The molecule has 0 aliphatic heterocycles. The van der Waals surface area contributed by atoms with Crippen LogP contribution in [0.15, 0.2) is 30.3 Å². The zero-order chi connectivity index (χ0) is 16.1. The summed E-state index contributed by atoms with van der Waals surface area (Å²) in [6, 6.07) is 7.82. The van der Waals surface area contributed by atoms with Gasteiger partial charge in [0.25, 0.3) is 0 Å². The van der Waals surface area contributed by atoms with Gasteiger partial charge in [-0.15, -0.1) is 0 Å². The lowest BCUT2D eigenvalue weighted by atomic mass is 10.1. The Balaban J connectivity index is 2.03. The number of nitrogens with one attached hydrogen (secondary N) is 1. The van der Waals surface area contributed by atoms with Gasteiger partial charge < -0.3 is 4.74 Å². The molecule has 1 heterocycles. The molecule has 0 spiro atoms. The second kappa shape index (κ2) is 7.00. The van der Waals surface area contributed by atoms with E-state index in [1.54, 1.807) is 13.0 Å². The summed E-state index contributed by atoms with van der Waals surface area (Å²) in [6.45, 7) is 3.70. The van der Waals surface area contributed by atoms with Gasteiger partial charge in [0, 0.05) is 6.08 Å². The maximum absolute atomic E-state index is 11.9. The first-order valence-electron chi connectivity index (χ1n) is 6.61. The summed E-state index contributed by atoms with van der Waals surface area (Å²) in [5, 5.41) is 3.01. The van der Waals surface area contributed by atoms with Crippen molar-refractivity contribution in [1.29, 1.82) is 0 Å². The second-order valence-corrected chi connectivity index (χ2v) is 5.66. The van der Waals surface area contributed by atoms with E-state index in [2.05, 4.69) is 15.0 Å². The van der Waals surface area contributed by atoms with Gasteiger partial charge in [0.2, 0.25) is 5.91 Å². The molecule has 0 atom stereocenters. The topological polar surface area (TPSA) is 68.3 Å². The standard InChI is InChI=1S/C16H16N2O3S/c1-10-4-6-12(7-5-10)8-9-13(19)18-16-17-11(2)14(22-16)15(20)21-3/h4-9H,1-3H3,(H,17,18,19)/b9-8+. The lowest BCUT2D eigenvalue weighted by Gasteiger charge is -1.97. The fraction of sp³-hybridized carbons (Fsp3) is 0.188. The lowest BCUT2D eigenvalue weighted by Crippen LogP contribution is -2.07. The predicted molar refractivity (Wildman–Crippen MR) is 87.0 cm³/mol. The van der Waals surface area contributed by atoms with Crippen molar-refractivity contribution in [2.75, 3.05) is 12.4 Å². The predicted octanol–water partition coefficient (Wildman–Crippen LogP) is 3.20. The van der Waals surface area contributed by atoms with Crippen molar-refractivity contribution < 1.29 is 14.3 Å². The molecule has 6 heteroatoms. The number of esters is 1. The minimum Gasteiger partial charge on any atom is -0.465 e. The third-order valence-electron chi connectivity index (χ3n) is 2.90. The van der Waals surface area contributed by atoms with E-state index >= 15 is 0 Å². The van der Waals surface area contributed by atoms with Gasteiger partial charge >= 0.3 is 5.97 Å². The van der Waals surface area contributed by atoms with Crippen LogP contribution in [0.5, 0.6) is 0 Å². The molecule has 1 N–H and O–H groups in total. The molecular formula is C16H16N2O3S. The second-order valence-electron chi connectivity index (χ2n) is 4.66. The van der Waals surface area contributed by atoms with Gasteiger partial charge in [-0.3, -0.25) is 10.1 Å². The number of amides is 1. The van der Waals surface area contributed by atoms with Crippen LogP contribution in [0.3, 0.4) is 0 Å². The molecule has 1 aromatic carbocycles. The number of hydrogen-bond acceptors (Lipinski definition) is 5. The maximum atomic E-state index is 11.9. The summed E-state index contributed by atoms with van der Waals surface area (Å²) < 4.78 is 4.66. The molecule has 0 fully saturated rings. The van der Waals surface area contributed by atoms with Gasteiger partial charge in [-0.25, -0.2) is 9.78 Å². The molecule has 0 radical (unpaired) electrons. The van der Waals surface area contributed by atoms with Crippen molar-refractivity contribution in [3.63, 3.8) is 0 Å². The van der Waals surface area contributed by atoms with Crippen LogP contribution in [0.1, 0.15) is 26.5 Å². The Hall–Kier alpha value is -2.47. The molecule has 22 heavy (non-hydrogen) atoms. The summed E-state index contributed by atoms with van der Waals surface area (Å²) >= 11 is 1.09. The summed E-state index contributed by atoms with van der Waals surface area (Å²) in [5.41, 5.74) is 2.64. The van der Waals surface area contributed by atoms with E-state index in [0.717, 1.165) is 22.5 Å². The van der Waals surface area contributed by atoms with Crippen molar-refractivity contribution in [2.45, 2.75) is 13.8 Å². The number of anilines is 1. The van der Waals surface area contributed by atoms with E-state index in [0.29, 0.717) is 15.7 Å². The Morgan fingerprint density at radius 1 is 1.23 bits per heavy atom. The summed E-state index contributed by atoms with van der Waals surface area (Å²) in [6.07, 6.45) is 3.15. The van der Waals surface area contributed by atoms with Crippen LogP contribution in [-0.4, -0.2) is 24.0 Å². The number of aromatic nitrogens is 1. The third kappa shape index (κ3) is 4.02. The molecule has 0 aliphatic rings. The molecule has 1 aromatic heterocycles. The van der Waals surface area contributed by atoms with Crippen molar-refractivity contribution in [3.8, 4) is 0 Å². The number of carbonyl (C=O) groups is 2. The van der Waals surface area contributed by atoms with Gasteiger partial charge in [0.05, 0.1) is 12.8 Å². The number of methoxy groups -OCH3 is 1. The zero-order valence-corrected chi connectivity index (χ0v) is 13.4. The first-order valence-corrected chi connectivity index (χ1v) is 7.42. The summed E-state index contributed by atoms with van der Waals surface area (Å²) in [7, 11) is 1.31. The van der Waals surface area contributed by atoms with E-state index in [1.807, 2.05) is 31.2 Å². The Morgan fingerprint density at radius 2 is 1.91 bits per heavy atom. The van der Waals surface area contributed by atoms with Crippen molar-refractivity contribution >= 4 is 34.4 Å². The number of thiazole rings is 1. The minimum atomic E-state index is -0.453. The lowest BCUT2D eigenvalue weighted by molar-refractivity contribution is -0.111. The van der Waals surface area contributed by atoms with Crippen LogP contribution >= 0.6 is 11.3 Å². The first kappa shape index (κ1) is 15.9. The maximum Gasteiger partial charge on any atom is 0.350 e. The van der Waals surface area contributed by atoms with Gasteiger partial charge in [-0.05, 0) is 25.5 Å². The van der Waals surface area contributed by atoms with Crippen LogP contribution in [0.4, 0.5) is 5.13 Å². The number of ether oxygens (including phenoxy) is 1. The average Bonchev–Trinajstić information content (AvgIpc) is 2.86. The highest BCUT2D eigenvalue weighted by Crippen LogP contribution is 2.23. The molecule has 0 saturated heterocycles. The van der Waals surface area contributed by atoms with Gasteiger partial charge in [-0.2, -0.15) is 0 Å². The molecule has 2 rings (SSSR count). The largest absolute Gasteiger partial charge is 0.465 e. The van der Waals surface area contributed by atoms with Crippen LogP contribution in [-0.2, 0) is 9.53 Å². The first-order chi connectivity index (χ1) is 10.5. The highest BCUT2D eigenvalue weighted by atomic mass is 32.1. The van der Waals surface area contributed by atoms with Gasteiger partial charge in [0.15, 0.2) is 5.13 Å². The normalized spacial score (nSPS) is 10.7. The number of benzene rings is 1. The van der Waals surface area contributed by atoms with Crippen LogP contribution < -0.4 is 5.32 Å². The molecule has 2 aromatic rings. The van der Waals surface area contributed by atoms with Gasteiger partial charge in [0.1, 0.15) is 4.88 Å². The Kier molecular flexibility index (Phi) is 5.06. The summed E-state index contributed by atoms with van der Waals surface area (Å²) in [4.78, 5) is 27.9. The fourth-order valence-corrected chi connectivity index (χ4v) is 2.62. The highest BCUT2D eigenvalue weighted by molar-refractivity contribution is 7.17. The Labute approximate surface area is 132 Å². The van der Waals surface area contributed by atoms with Crippen LogP contribution in [0.2, 0.25) is 0 Å².